The van der Waals surface area contributed by atoms with Crippen molar-refractivity contribution in [2.45, 2.75) is 0 Å². The molecule has 0 atom stereocenters. The lowest BCUT2D eigenvalue weighted by molar-refractivity contribution is 0.0986. The van der Waals surface area contributed by atoms with Crippen molar-refractivity contribution < 1.29 is 9.59 Å². The molecule has 9 rings (SSSR count). The molecule has 63 heavy (non-hydrogen) atoms. The van der Waals surface area contributed by atoms with Gasteiger partial charge in [-0.05, 0) is 118 Å². The highest BCUT2D eigenvalue weighted by Crippen LogP contribution is 2.40. The van der Waals surface area contributed by atoms with Gasteiger partial charge in [-0.2, -0.15) is 21.0 Å². The minimum absolute atomic E-state index is 0.203. The van der Waals surface area contributed by atoms with Crippen molar-refractivity contribution in [1.29, 1.82) is 21.0 Å². The molecule has 0 fully saturated rings. The smallest absolute Gasteiger partial charge is 0.260 e. The number of amides is 1. The van der Waals surface area contributed by atoms with Gasteiger partial charge in [-0.1, -0.05) is 91.0 Å². The number of carbonyl (C=O) groups excluding carboxylic acids is 2. The van der Waals surface area contributed by atoms with Crippen LogP contribution >= 0.6 is 0 Å². The minimum atomic E-state index is -0.393. The van der Waals surface area contributed by atoms with E-state index in [0.717, 1.165) is 55.2 Å². The van der Waals surface area contributed by atoms with Gasteiger partial charge in [0, 0.05) is 28.9 Å². The molecule has 0 unspecified atom stereocenters. The highest BCUT2D eigenvalue weighted by Gasteiger charge is 2.26. The molecule has 8 heteroatoms. The molecular weight excluding hydrogens is 777 g/mol. The van der Waals surface area contributed by atoms with Crippen molar-refractivity contribution in [3.63, 3.8) is 0 Å². The van der Waals surface area contributed by atoms with E-state index in [4.69, 9.17) is 0 Å². The molecule has 1 aromatic heterocycles. The summed E-state index contributed by atoms with van der Waals surface area (Å²) in [5, 5.41) is 40.7. The molecule has 0 aliphatic heterocycles. The van der Waals surface area contributed by atoms with Gasteiger partial charge in [0.15, 0.2) is 6.29 Å². The van der Waals surface area contributed by atoms with E-state index in [-0.39, 0.29) is 11.1 Å². The predicted octanol–water partition coefficient (Wildman–Crippen LogP) is 12.0. The van der Waals surface area contributed by atoms with E-state index in [1.54, 1.807) is 60.5 Å². The van der Waals surface area contributed by atoms with E-state index in [1.807, 2.05) is 120 Å². The molecule has 1 amide bonds. The average Bonchev–Trinajstić information content (AvgIpc) is 3.68. The van der Waals surface area contributed by atoms with Crippen LogP contribution in [-0.2, 0) is 0 Å². The highest BCUT2D eigenvalue weighted by atomic mass is 16.2. The number of aldehydes is 1. The average molecular weight is 809 g/mol. The SMILES string of the molecule is CN(C(=O)c1c(C=O)cccc1-n1c2ccc(-c3cc(C#N)cc(C#N)c3)cc2c2cc(-c3cc(C#N)cc(C#N)c3)ccc21)c1ccc(-c2ccccc2)cc1-c1ccccc1. The molecular formula is C55H32N6O2. The quantitative estimate of drug-likeness (QED) is 0.140. The summed E-state index contributed by atoms with van der Waals surface area (Å²) >= 11 is 0. The van der Waals surface area contributed by atoms with E-state index in [0.29, 0.717) is 51.0 Å². The van der Waals surface area contributed by atoms with Crippen molar-refractivity contribution in [2.24, 2.45) is 0 Å². The van der Waals surface area contributed by atoms with Crippen LogP contribution in [0.4, 0.5) is 5.69 Å². The second-order valence-corrected chi connectivity index (χ2v) is 15.0. The van der Waals surface area contributed by atoms with Crippen LogP contribution in [0.3, 0.4) is 0 Å². The fourth-order valence-corrected chi connectivity index (χ4v) is 8.33. The molecule has 8 nitrogen and oxygen atoms in total. The van der Waals surface area contributed by atoms with E-state index >= 15 is 4.79 Å². The van der Waals surface area contributed by atoms with Crippen LogP contribution in [0.2, 0.25) is 0 Å². The van der Waals surface area contributed by atoms with Crippen molar-refractivity contribution in [1.82, 2.24) is 4.57 Å². The number of carbonyl (C=O) groups is 2. The van der Waals surface area contributed by atoms with Crippen molar-refractivity contribution in [2.75, 3.05) is 11.9 Å². The van der Waals surface area contributed by atoms with Crippen LogP contribution in [0.5, 0.6) is 0 Å². The molecule has 0 aliphatic rings. The lowest BCUT2D eigenvalue weighted by Crippen LogP contribution is -2.29. The first kappa shape index (κ1) is 39.1. The summed E-state index contributed by atoms with van der Waals surface area (Å²) in [6.07, 6.45) is 0.704. The molecule has 0 saturated heterocycles. The summed E-state index contributed by atoms with van der Waals surface area (Å²) in [5.74, 6) is -0.393. The van der Waals surface area contributed by atoms with Crippen molar-refractivity contribution in [3.8, 4) is 74.5 Å². The second-order valence-electron chi connectivity index (χ2n) is 15.0. The zero-order valence-corrected chi connectivity index (χ0v) is 33.7. The maximum atomic E-state index is 15.2. The van der Waals surface area contributed by atoms with Crippen LogP contribution in [-0.4, -0.2) is 23.8 Å². The molecule has 0 N–H and O–H groups in total. The van der Waals surface area contributed by atoms with Gasteiger partial charge in [0.1, 0.15) is 0 Å². The number of rotatable bonds is 8. The molecule has 8 aromatic carbocycles. The van der Waals surface area contributed by atoms with Gasteiger partial charge in [-0.15, -0.1) is 0 Å². The Labute approximate surface area is 363 Å². The largest absolute Gasteiger partial charge is 0.311 e. The van der Waals surface area contributed by atoms with Crippen molar-refractivity contribution >= 4 is 39.7 Å². The van der Waals surface area contributed by atoms with E-state index in [9.17, 15) is 25.8 Å². The molecule has 0 bridgehead atoms. The van der Waals surface area contributed by atoms with Crippen LogP contribution in [0.15, 0.2) is 170 Å². The Kier molecular flexibility index (Phi) is 10.2. The Balaban J connectivity index is 1.27. The third-order valence-electron chi connectivity index (χ3n) is 11.3. The van der Waals surface area contributed by atoms with Gasteiger partial charge >= 0.3 is 0 Å². The van der Waals surface area contributed by atoms with Gasteiger partial charge in [0.25, 0.3) is 5.91 Å². The normalized spacial score (nSPS) is 10.7. The minimum Gasteiger partial charge on any atom is -0.311 e. The Morgan fingerprint density at radius 3 is 1.46 bits per heavy atom. The Bertz CT molecular complexity index is 3310. The monoisotopic (exact) mass is 808 g/mol. The number of benzene rings is 8. The number of nitrogens with zero attached hydrogens (tertiary/aromatic N) is 6. The number of hydrogen-bond acceptors (Lipinski definition) is 6. The lowest BCUT2D eigenvalue weighted by Gasteiger charge is -2.24. The van der Waals surface area contributed by atoms with Gasteiger partial charge in [0.2, 0.25) is 0 Å². The molecule has 0 saturated carbocycles. The van der Waals surface area contributed by atoms with Crippen LogP contribution < -0.4 is 4.90 Å². The van der Waals surface area contributed by atoms with Gasteiger partial charge in [-0.25, -0.2) is 0 Å². The molecule has 0 radical (unpaired) electrons. The maximum absolute atomic E-state index is 15.2. The third kappa shape index (κ3) is 7.13. The molecule has 294 valence electrons. The standard InChI is InChI=1S/C55H32N6O2/c1-60(50-18-15-41(39-9-4-2-5-10-39)27-47(50)40-11-6-3-7-12-40)55(63)54-44(34-62)13-8-14-53(54)61-51-19-16-42(45-23-35(30-56)21-36(24-45)31-57)28-48(51)49-29-43(17-20-52(49)61)46-25-37(32-58)22-38(26-46)33-59/h2-29,34H,1H3. The molecule has 0 aliphatic carbocycles. The Morgan fingerprint density at radius 2 is 0.968 bits per heavy atom. The van der Waals surface area contributed by atoms with Gasteiger partial charge < -0.3 is 9.47 Å². The highest BCUT2D eigenvalue weighted by molar-refractivity contribution is 6.16. The number of hydrogen-bond donors (Lipinski definition) is 0. The summed E-state index contributed by atoms with van der Waals surface area (Å²) in [6.45, 7) is 0. The number of nitriles is 4. The molecule has 1 heterocycles. The maximum Gasteiger partial charge on any atom is 0.260 e. The van der Waals surface area contributed by atoms with E-state index in [2.05, 4.69) is 30.3 Å². The zero-order valence-electron chi connectivity index (χ0n) is 33.7. The number of fused-ring (bicyclic) bond motifs is 3. The summed E-state index contributed by atoms with van der Waals surface area (Å²) in [4.78, 5) is 29.8. The summed E-state index contributed by atoms with van der Waals surface area (Å²) in [6, 6.07) is 61.4. The number of anilines is 1. The first-order valence-corrected chi connectivity index (χ1v) is 19.9. The Morgan fingerprint density at radius 1 is 0.492 bits per heavy atom. The Hall–Kier alpha value is -9.34. The summed E-state index contributed by atoms with van der Waals surface area (Å²) in [5.41, 5.74) is 11.1. The van der Waals surface area contributed by atoms with Gasteiger partial charge in [0.05, 0.1) is 74.5 Å². The van der Waals surface area contributed by atoms with E-state index in [1.165, 1.54) is 0 Å². The topological polar surface area (TPSA) is 137 Å². The summed E-state index contributed by atoms with van der Waals surface area (Å²) < 4.78 is 1.97. The predicted molar refractivity (Wildman–Crippen MR) is 246 cm³/mol. The van der Waals surface area contributed by atoms with Crippen LogP contribution in [0.25, 0.3) is 72.0 Å². The lowest BCUT2D eigenvalue weighted by atomic mass is 9.96. The van der Waals surface area contributed by atoms with E-state index < -0.39 is 5.91 Å². The fourth-order valence-electron chi connectivity index (χ4n) is 8.33. The summed E-state index contributed by atoms with van der Waals surface area (Å²) in [7, 11) is 1.72. The first-order chi connectivity index (χ1) is 30.8. The van der Waals surface area contributed by atoms with Crippen molar-refractivity contribution in [3.05, 3.63) is 203 Å². The molecule has 9 aromatic rings. The third-order valence-corrected chi connectivity index (χ3v) is 11.3. The first-order valence-electron chi connectivity index (χ1n) is 19.9. The van der Waals surface area contributed by atoms with Crippen LogP contribution in [0.1, 0.15) is 43.0 Å². The van der Waals surface area contributed by atoms with Gasteiger partial charge in [-0.3, -0.25) is 9.59 Å². The number of aromatic nitrogens is 1. The fraction of sp³-hybridized carbons (Fsp3) is 0.0182. The van der Waals surface area contributed by atoms with Crippen LogP contribution in [0, 0.1) is 45.3 Å². The second kappa shape index (κ2) is 16.4. The molecule has 0 spiro atoms. The zero-order chi connectivity index (χ0) is 43.6.